The van der Waals surface area contributed by atoms with Crippen molar-refractivity contribution >= 4 is 26.8 Å². The lowest BCUT2D eigenvalue weighted by molar-refractivity contribution is -0.126. The number of carbonyl (C=O) groups is 1. The van der Waals surface area contributed by atoms with Crippen LogP contribution in [0.4, 0.5) is 0 Å². The van der Waals surface area contributed by atoms with Crippen LogP contribution >= 0.6 is 0 Å². The van der Waals surface area contributed by atoms with Crippen LogP contribution in [0.15, 0.2) is 35.4 Å². The Morgan fingerprint density at radius 1 is 1.32 bits per heavy atom. The highest BCUT2D eigenvalue weighted by Crippen LogP contribution is 2.26. The summed E-state index contributed by atoms with van der Waals surface area (Å²) in [5.74, 6) is -0.383. The van der Waals surface area contributed by atoms with Crippen LogP contribution in [0, 0.1) is 5.92 Å². The van der Waals surface area contributed by atoms with Gasteiger partial charge in [0.25, 0.3) is 0 Å². The maximum Gasteiger partial charge on any atom is 0.243 e. The van der Waals surface area contributed by atoms with Crippen LogP contribution in [-0.4, -0.2) is 56.0 Å². The van der Waals surface area contributed by atoms with Gasteiger partial charge in [0, 0.05) is 57.0 Å². The quantitative estimate of drug-likeness (QED) is 0.680. The molecule has 1 unspecified atom stereocenters. The van der Waals surface area contributed by atoms with Crippen molar-refractivity contribution in [2.45, 2.75) is 31.1 Å². The number of nitrogens with one attached hydrogen (secondary N) is 1. The van der Waals surface area contributed by atoms with Gasteiger partial charge in [0.15, 0.2) is 0 Å². The number of fused-ring (bicyclic) bond motifs is 1. The number of ether oxygens (including phenoxy) is 1. The third-order valence-corrected chi connectivity index (χ3v) is 7.08. The second-order valence-corrected chi connectivity index (χ2v) is 9.13. The minimum Gasteiger partial charge on any atom is -0.382 e. The summed E-state index contributed by atoms with van der Waals surface area (Å²) in [6.45, 7) is 4.44. The van der Waals surface area contributed by atoms with Crippen molar-refractivity contribution in [1.29, 1.82) is 0 Å². The summed E-state index contributed by atoms with van der Waals surface area (Å²) in [4.78, 5) is 12.7. The molecule has 0 bridgehead atoms. The summed E-state index contributed by atoms with van der Waals surface area (Å²) < 4.78 is 34.9. The molecule has 7 nitrogen and oxygen atoms in total. The van der Waals surface area contributed by atoms with E-state index in [9.17, 15) is 13.2 Å². The van der Waals surface area contributed by atoms with Gasteiger partial charge in [-0.25, -0.2) is 8.42 Å². The third-order valence-electron chi connectivity index (χ3n) is 5.22. The molecule has 1 atom stereocenters. The van der Waals surface area contributed by atoms with Crippen LogP contribution in [0.2, 0.25) is 0 Å². The molecule has 28 heavy (non-hydrogen) atoms. The zero-order chi connectivity index (χ0) is 20.1. The zero-order valence-electron chi connectivity index (χ0n) is 16.6. The van der Waals surface area contributed by atoms with Gasteiger partial charge in [-0.05, 0) is 50.5 Å². The van der Waals surface area contributed by atoms with E-state index in [1.807, 2.05) is 36.9 Å². The molecular weight excluding hydrogens is 378 g/mol. The molecule has 154 valence electrons. The number of nitrogens with zero attached hydrogens (tertiary/aromatic N) is 2. The minimum atomic E-state index is -3.62. The van der Waals surface area contributed by atoms with E-state index in [-0.39, 0.29) is 23.3 Å². The maximum atomic E-state index is 13.1. The lowest BCUT2D eigenvalue weighted by Gasteiger charge is -2.31. The highest BCUT2D eigenvalue weighted by Gasteiger charge is 2.33. The second-order valence-electron chi connectivity index (χ2n) is 7.19. The third kappa shape index (κ3) is 4.56. The molecule has 1 amide bonds. The first-order chi connectivity index (χ1) is 13.4. The largest absolute Gasteiger partial charge is 0.382 e. The molecule has 1 aromatic heterocycles. The van der Waals surface area contributed by atoms with Gasteiger partial charge in [-0.15, -0.1) is 0 Å². The Kier molecular flexibility index (Phi) is 6.74. The lowest BCUT2D eigenvalue weighted by Crippen LogP contribution is -2.45. The van der Waals surface area contributed by atoms with Crippen LogP contribution in [0.25, 0.3) is 10.9 Å². The average molecular weight is 408 g/mol. The van der Waals surface area contributed by atoms with Crippen molar-refractivity contribution in [3.8, 4) is 0 Å². The summed E-state index contributed by atoms with van der Waals surface area (Å²) >= 11 is 0. The summed E-state index contributed by atoms with van der Waals surface area (Å²) in [7, 11) is -1.69. The summed E-state index contributed by atoms with van der Waals surface area (Å²) in [6.07, 6.45) is 4.06. The van der Waals surface area contributed by atoms with Crippen molar-refractivity contribution in [2.75, 3.05) is 32.8 Å². The molecule has 2 aromatic rings. The molecule has 1 aliphatic heterocycles. The number of sulfonamides is 1. The van der Waals surface area contributed by atoms with E-state index in [1.54, 1.807) is 12.1 Å². The molecule has 2 heterocycles. The van der Waals surface area contributed by atoms with E-state index in [1.165, 1.54) is 4.31 Å². The molecule has 1 aliphatic rings. The Hall–Kier alpha value is -1.90. The molecule has 1 N–H and O–H groups in total. The van der Waals surface area contributed by atoms with Crippen LogP contribution in [0.1, 0.15) is 26.2 Å². The van der Waals surface area contributed by atoms with E-state index in [0.717, 1.165) is 17.3 Å². The van der Waals surface area contributed by atoms with Crippen molar-refractivity contribution in [3.05, 3.63) is 30.5 Å². The van der Waals surface area contributed by atoms with Crippen molar-refractivity contribution in [3.63, 3.8) is 0 Å². The Labute approximate surface area is 166 Å². The number of rotatable bonds is 8. The number of aromatic nitrogens is 1. The highest BCUT2D eigenvalue weighted by atomic mass is 32.2. The van der Waals surface area contributed by atoms with Crippen molar-refractivity contribution in [1.82, 2.24) is 14.2 Å². The molecule has 0 saturated carbocycles. The van der Waals surface area contributed by atoms with E-state index in [0.29, 0.717) is 39.1 Å². The van der Waals surface area contributed by atoms with Gasteiger partial charge < -0.3 is 14.6 Å². The molecule has 0 spiro atoms. The summed E-state index contributed by atoms with van der Waals surface area (Å²) in [5.41, 5.74) is 0.988. The first-order valence-electron chi connectivity index (χ1n) is 9.84. The number of piperidine rings is 1. The number of hydrogen-bond donors (Lipinski definition) is 1. The number of hydrogen-bond acceptors (Lipinski definition) is 4. The predicted octanol–water partition coefficient (Wildman–Crippen LogP) is 2.12. The van der Waals surface area contributed by atoms with Crippen LogP contribution in [-0.2, 0) is 26.6 Å². The number of aryl methyl sites for hydroxylation is 1. The van der Waals surface area contributed by atoms with Gasteiger partial charge in [-0.1, -0.05) is 0 Å². The second kappa shape index (κ2) is 9.07. The van der Waals surface area contributed by atoms with Gasteiger partial charge in [-0.3, -0.25) is 4.79 Å². The van der Waals surface area contributed by atoms with Crippen molar-refractivity contribution < 1.29 is 17.9 Å². The molecule has 3 rings (SSSR count). The monoisotopic (exact) mass is 407 g/mol. The predicted molar refractivity (Wildman–Crippen MR) is 109 cm³/mol. The first kappa shape index (κ1) is 20.8. The molecule has 1 fully saturated rings. The first-order valence-corrected chi connectivity index (χ1v) is 11.3. The Morgan fingerprint density at radius 3 is 2.93 bits per heavy atom. The fourth-order valence-corrected chi connectivity index (χ4v) is 5.18. The van der Waals surface area contributed by atoms with Crippen LogP contribution in [0.5, 0.6) is 0 Å². The summed E-state index contributed by atoms with van der Waals surface area (Å²) in [6, 6.07) is 7.09. The minimum absolute atomic E-state index is 0.0742. The highest BCUT2D eigenvalue weighted by molar-refractivity contribution is 7.89. The number of carbonyl (C=O) groups excluding carboxylic acids is 1. The topological polar surface area (TPSA) is 80.6 Å². The molecule has 1 saturated heterocycles. The van der Waals surface area contributed by atoms with Gasteiger partial charge in [0.05, 0.1) is 10.8 Å². The molecule has 0 radical (unpaired) electrons. The van der Waals surface area contributed by atoms with Gasteiger partial charge in [-0.2, -0.15) is 4.31 Å². The van der Waals surface area contributed by atoms with E-state index >= 15 is 0 Å². The standard InChI is InChI=1S/C20H29N3O4S/c1-3-27-13-5-10-21-20(24)17-6-4-11-23(15-17)28(25,26)18-7-8-19-16(14-18)9-12-22(19)2/h7-9,12,14,17H,3-6,10-11,13,15H2,1-2H3,(H,21,24). The van der Waals surface area contributed by atoms with Crippen LogP contribution in [0.3, 0.4) is 0 Å². The van der Waals surface area contributed by atoms with Crippen LogP contribution < -0.4 is 5.32 Å². The Balaban J connectivity index is 1.65. The fourth-order valence-electron chi connectivity index (χ4n) is 3.62. The lowest BCUT2D eigenvalue weighted by atomic mass is 9.99. The Morgan fingerprint density at radius 2 is 2.14 bits per heavy atom. The van der Waals surface area contributed by atoms with E-state index < -0.39 is 10.0 Å². The van der Waals surface area contributed by atoms with E-state index in [4.69, 9.17) is 4.74 Å². The molecule has 0 aliphatic carbocycles. The van der Waals surface area contributed by atoms with E-state index in [2.05, 4.69) is 5.32 Å². The fraction of sp³-hybridized carbons (Fsp3) is 0.550. The van der Waals surface area contributed by atoms with Crippen molar-refractivity contribution in [2.24, 2.45) is 13.0 Å². The SMILES string of the molecule is CCOCCCNC(=O)C1CCCN(S(=O)(=O)c2ccc3c(ccn3C)c2)C1. The average Bonchev–Trinajstić information content (AvgIpc) is 3.08. The number of benzene rings is 1. The van der Waals surface area contributed by atoms with Gasteiger partial charge in [0.2, 0.25) is 15.9 Å². The molecule has 1 aromatic carbocycles. The van der Waals surface area contributed by atoms with Gasteiger partial charge in [0.1, 0.15) is 0 Å². The zero-order valence-corrected chi connectivity index (χ0v) is 17.4. The number of amides is 1. The smallest absolute Gasteiger partial charge is 0.243 e. The molecule has 8 heteroatoms. The molecular formula is C20H29N3O4S. The van der Waals surface area contributed by atoms with Gasteiger partial charge >= 0.3 is 0 Å². The Bertz CT molecular complexity index is 923. The normalized spacial score (nSPS) is 18.4. The maximum absolute atomic E-state index is 13.1. The summed E-state index contributed by atoms with van der Waals surface area (Å²) in [5, 5.41) is 3.80.